The summed E-state index contributed by atoms with van der Waals surface area (Å²) < 4.78 is 63.6. The molecule has 0 heterocycles. The molecule has 0 bridgehead atoms. The minimum absolute atomic E-state index is 0.0815. The van der Waals surface area contributed by atoms with E-state index in [9.17, 15) is 26.4 Å². The summed E-state index contributed by atoms with van der Waals surface area (Å²) in [5.41, 5.74) is 2.20. The molecule has 5 nitrogen and oxygen atoms in total. The van der Waals surface area contributed by atoms with Crippen LogP contribution >= 0.6 is 0 Å². The van der Waals surface area contributed by atoms with Gasteiger partial charge in [0.25, 0.3) is 0 Å². The third-order valence-electron chi connectivity index (χ3n) is 5.46. The molecule has 1 aliphatic carbocycles. The van der Waals surface area contributed by atoms with Crippen LogP contribution in [0.4, 0.5) is 18.9 Å². The van der Waals surface area contributed by atoms with Gasteiger partial charge in [0.05, 0.1) is 23.5 Å². The van der Waals surface area contributed by atoms with Crippen molar-refractivity contribution in [2.45, 2.75) is 44.8 Å². The molecule has 31 heavy (non-hydrogen) atoms. The van der Waals surface area contributed by atoms with E-state index in [2.05, 4.69) is 10.0 Å². The number of hydrogen-bond acceptors (Lipinski definition) is 3. The van der Waals surface area contributed by atoms with E-state index in [4.69, 9.17) is 0 Å². The molecule has 1 saturated carbocycles. The molecule has 2 N–H and O–H groups in total. The number of sulfonamides is 1. The molecular formula is C22H25F3N2O3S. The fourth-order valence-corrected chi connectivity index (χ4v) is 4.25. The quantitative estimate of drug-likeness (QED) is 0.641. The van der Waals surface area contributed by atoms with E-state index in [0.717, 1.165) is 35.1 Å². The fourth-order valence-electron chi connectivity index (χ4n) is 3.65. The molecule has 2 aromatic carbocycles. The van der Waals surface area contributed by atoms with E-state index in [0.29, 0.717) is 18.5 Å². The van der Waals surface area contributed by atoms with Gasteiger partial charge in [0.15, 0.2) is 0 Å². The van der Waals surface area contributed by atoms with Crippen molar-refractivity contribution in [3.8, 4) is 0 Å². The van der Waals surface area contributed by atoms with E-state index in [1.54, 1.807) is 12.1 Å². The average Bonchev–Trinajstić information content (AvgIpc) is 3.47. The van der Waals surface area contributed by atoms with Gasteiger partial charge in [-0.1, -0.05) is 31.2 Å². The van der Waals surface area contributed by atoms with E-state index < -0.39 is 21.8 Å². The van der Waals surface area contributed by atoms with E-state index in [-0.39, 0.29) is 23.8 Å². The SMILES string of the molecule is CCc1cc(C(C)NC(=O)[C@@H]2CC2c2ccc(C(F)(F)F)cc2)ccc1NS(C)(=O)=O. The fraction of sp³-hybridized carbons (Fsp3) is 0.409. The Balaban J connectivity index is 1.63. The summed E-state index contributed by atoms with van der Waals surface area (Å²) in [5.74, 6) is -0.494. The van der Waals surface area contributed by atoms with Gasteiger partial charge in [-0.3, -0.25) is 9.52 Å². The summed E-state index contributed by atoms with van der Waals surface area (Å²) in [6.45, 7) is 3.75. The summed E-state index contributed by atoms with van der Waals surface area (Å²) in [6.07, 6.45) is -2.07. The van der Waals surface area contributed by atoms with Crippen LogP contribution in [0.15, 0.2) is 42.5 Å². The summed E-state index contributed by atoms with van der Waals surface area (Å²) in [5, 5.41) is 2.95. The molecule has 2 aromatic rings. The highest BCUT2D eigenvalue weighted by Gasteiger charge is 2.44. The lowest BCUT2D eigenvalue weighted by Crippen LogP contribution is -2.28. The number of carbonyl (C=O) groups excluding carboxylic acids is 1. The molecule has 1 fully saturated rings. The van der Waals surface area contributed by atoms with Crippen molar-refractivity contribution >= 4 is 21.6 Å². The van der Waals surface area contributed by atoms with E-state index in [1.807, 2.05) is 19.9 Å². The second-order valence-electron chi connectivity index (χ2n) is 7.94. The van der Waals surface area contributed by atoms with E-state index >= 15 is 0 Å². The van der Waals surface area contributed by atoms with E-state index in [1.165, 1.54) is 12.1 Å². The van der Waals surface area contributed by atoms with Gasteiger partial charge in [-0.15, -0.1) is 0 Å². The van der Waals surface area contributed by atoms with Crippen molar-refractivity contribution in [2.24, 2.45) is 5.92 Å². The Morgan fingerprint density at radius 1 is 1.16 bits per heavy atom. The van der Waals surface area contributed by atoms with Crippen LogP contribution in [0.2, 0.25) is 0 Å². The monoisotopic (exact) mass is 454 g/mol. The molecule has 0 radical (unpaired) electrons. The highest BCUT2D eigenvalue weighted by atomic mass is 32.2. The van der Waals surface area contributed by atoms with Gasteiger partial charge in [0.1, 0.15) is 0 Å². The van der Waals surface area contributed by atoms with Gasteiger partial charge in [0.2, 0.25) is 15.9 Å². The second-order valence-corrected chi connectivity index (χ2v) is 9.69. The Bertz CT molecular complexity index is 1070. The number of carbonyl (C=O) groups is 1. The summed E-state index contributed by atoms with van der Waals surface area (Å²) in [6, 6.07) is 9.97. The standard InChI is InChI=1S/C22H25F3N2O3S/c1-4-14-11-16(7-10-20(14)27-31(3,29)30)13(2)26-21(28)19-12-18(19)15-5-8-17(9-6-15)22(23,24)25/h5-11,13,18-19,27H,4,12H2,1-3H3,(H,26,28)/t13?,18?,19-/m1/s1. The molecule has 168 valence electrons. The molecule has 2 unspecified atom stereocenters. The van der Waals surface area contributed by atoms with Gasteiger partial charge in [-0.2, -0.15) is 13.2 Å². The molecule has 0 spiro atoms. The van der Waals surface area contributed by atoms with Crippen molar-refractivity contribution in [1.29, 1.82) is 0 Å². The van der Waals surface area contributed by atoms with Crippen LogP contribution < -0.4 is 10.0 Å². The molecule has 3 rings (SSSR count). The van der Waals surface area contributed by atoms with Crippen molar-refractivity contribution in [1.82, 2.24) is 5.32 Å². The van der Waals surface area contributed by atoms with Crippen molar-refractivity contribution in [3.05, 3.63) is 64.7 Å². The number of anilines is 1. The Hall–Kier alpha value is -2.55. The van der Waals surface area contributed by atoms with Crippen LogP contribution in [0.25, 0.3) is 0 Å². The predicted octanol–water partition coefficient (Wildman–Crippen LogP) is 4.62. The van der Waals surface area contributed by atoms with Crippen molar-refractivity contribution in [3.63, 3.8) is 0 Å². The Kier molecular flexibility index (Phi) is 6.36. The zero-order valence-corrected chi connectivity index (χ0v) is 18.3. The van der Waals surface area contributed by atoms with Gasteiger partial charge in [-0.25, -0.2) is 8.42 Å². The first-order chi connectivity index (χ1) is 14.4. The minimum Gasteiger partial charge on any atom is -0.349 e. The van der Waals surface area contributed by atoms with Gasteiger partial charge in [0, 0.05) is 5.92 Å². The first kappa shape index (κ1) is 23.1. The van der Waals surface area contributed by atoms with Crippen LogP contribution in [-0.2, 0) is 27.4 Å². The Morgan fingerprint density at radius 3 is 2.35 bits per heavy atom. The highest BCUT2D eigenvalue weighted by molar-refractivity contribution is 7.92. The minimum atomic E-state index is -4.38. The van der Waals surface area contributed by atoms with Crippen LogP contribution in [0.1, 0.15) is 54.5 Å². The number of hydrogen-bond donors (Lipinski definition) is 2. The van der Waals surface area contributed by atoms with Crippen LogP contribution in [-0.4, -0.2) is 20.6 Å². The summed E-state index contributed by atoms with van der Waals surface area (Å²) >= 11 is 0. The molecule has 0 saturated heterocycles. The average molecular weight is 455 g/mol. The molecule has 1 aliphatic rings. The molecular weight excluding hydrogens is 429 g/mol. The Morgan fingerprint density at radius 2 is 1.81 bits per heavy atom. The smallest absolute Gasteiger partial charge is 0.349 e. The Labute approximate surface area is 180 Å². The predicted molar refractivity (Wildman–Crippen MR) is 113 cm³/mol. The third kappa shape index (κ3) is 5.78. The largest absolute Gasteiger partial charge is 0.416 e. The lowest BCUT2D eigenvalue weighted by Gasteiger charge is -2.17. The maximum absolute atomic E-state index is 12.7. The molecule has 0 aliphatic heterocycles. The second kappa shape index (κ2) is 8.53. The van der Waals surface area contributed by atoms with Gasteiger partial charge >= 0.3 is 6.18 Å². The number of nitrogens with one attached hydrogen (secondary N) is 2. The highest BCUT2D eigenvalue weighted by Crippen LogP contribution is 2.48. The van der Waals surface area contributed by atoms with Crippen molar-refractivity contribution in [2.75, 3.05) is 11.0 Å². The number of amides is 1. The zero-order valence-electron chi connectivity index (χ0n) is 17.5. The lowest BCUT2D eigenvalue weighted by atomic mass is 10.0. The first-order valence-electron chi connectivity index (χ1n) is 9.97. The maximum Gasteiger partial charge on any atom is 0.416 e. The van der Waals surface area contributed by atoms with Crippen LogP contribution in [0.3, 0.4) is 0 Å². The van der Waals surface area contributed by atoms with Crippen LogP contribution in [0.5, 0.6) is 0 Å². The van der Waals surface area contributed by atoms with Gasteiger partial charge < -0.3 is 5.32 Å². The number of alkyl halides is 3. The third-order valence-corrected chi connectivity index (χ3v) is 6.05. The molecule has 3 atom stereocenters. The first-order valence-corrected chi connectivity index (χ1v) is 11.9. The molecule has 0 aromatic heterocycles. The van der Waals surface area contributed by atoms with Crippen LogP contribution in [0, 0.1) is 5.92 Å². The van der Waals surface area contributed by atoms with Gasteiger partial charge in [-0.05, 0) is 60.6 Å². The normalized spacial score (nSPS) is 19.5. The number of halogens is 3. The number of benzene rings is 2. The maximum atomic E-state index is 12.7. The number of rotatable bonds is 7. The number of aryl methyl sites for hydroxylation is 1. The molecule has 9 heteroatoms. The zero-order chi connectivity index (χ0) is 23.0. The topological polar surface area (TPSA) is 75.3 Å². The lowest BCUT2D eigenvalue weighted by molar-refractivity contribution is -0.137. The summed E-state index contributed by atoms with van der Waals surface area (Å²) in [7, 11) is -3.39. The summed E-state index contributed by atoms with van der Waals surface area (Å²) in [4.78, 5) is 12.6. The molecule has 1 amide bonds. The van der Waals surface area contributed by atoms with Crippen molar-refractivity contribution < 1.29 is 26.4 Å².